The second-order valence-electron chi connectivity index (χ2n) is 40.4. The zero-order valence-corrected chi connectivity index (χ0v) is 87.1. The number of amides is 19. The van der Waals surface area contributed by atoms with Crippen LogP contribution in [-0.4, -0.2) is 249 Å². The molecule has 0 saturated heterocycles. The van der Waals surface area contributed by atoms with Crippen LogP contribution in [0.15, 0.2) is 0 Å². The van der Waals surface area contributed by atoms with Crippen LogP contribution in [0.2, 0.25) is 0 Å². The van der Waals surface area contributed by atoms with Gasteiger partial charge in [0.15, 0.2) is 0 Å². The van der Waals surface area contributed by atoms with Crippen molar-refractivity contribution in [3.8, 4) is 0 Å². The third-order valence-corrected chi connectivity index (χ3v) is 23.0. The summed E-state index contributed by atoms with van der Waals surface area (Å²) in [6.07, 6.45) is 4.85. The van der Waals surface area contributed by atoms with Gasteiger partial charge in [-0.05, 0) is 253 Å². The molecule has 0 saturated carbocycles. The van der Waals surface area contributed by atoms with E-state index < -0.39 is 223 Å². The molecule has 0 aromatic heterocycles. The van der Waals surface area contributed by atoms with Crippen LogP contribution in [0.25, 0.3) is 0 Å². The summed E-state index contributed by atoms with van der Waals surface area (Å²) in [6.45, 7) is 29.8. The molecule has 35 N–H and O–H groups in total. The molecule has 810 valence electrons. The van der Waals surface area contributed by atoms with Crippen molar-refractivity contribution in [2.75, 3.05) is 45.8 Å². The summed E-state index contributed by atoms with van der Waals surface area (Å²) >= 11 is 0. The Morgan fingerprint density at radius 1 is 0.206 bits per heavy atom. The first-order valence-electron chi connectivity index (χ1n) is 51.0. The second-order valence-corrected chi connectivity index (χ2v) is 40.4. The van der Waals surface area contributed by atoms with E-state index in [2.05, 4.69) is 90.5 Å². The molecule has 141 heavy (non-hydrogen) atoms. The summed E-state index contributed by atoms with van der Waals surface area (Å²) in [7, 11) is 0. The maximum Gasteiger partial charge on any atom is 0.243 e. The third kappa shape index (κ3) is 59.4. The van der Waals surface area contributed by atoms with Crippen molar-refractivity contribution in [1.82, 2.24) is 90.5 Å². The van der Waals surface area contributed by atoms with Crippen molar-refractivity contribution < 1.29 is 91.1 Å². The first-order valence-corrected chi connectivity index (χ1v) is 51.0. The summed E-state index contributed by atoms with van der Waals surface area (Å²) in [6, 6.07) is -20.0. The Hall–Kier alpha value is -10.3. The molecule has 0 rings (SSSR count). The molecule has 45 nitrogen and oxygen atoms in total. The number of hydrazine groups is 1. The minimum absolute atomic E-state index is 0.00111. The van der Waals surface area contributed by atoms with Gasteiger partial charge in [0, 0.05) is 25.8 Å². The highest BCUT2D eigenvalue weighted by atomic mass is 16.2. The molecule has 0 fully saturated rings. The van der Waals surface area contributed by atoms with Crippen molar-refractivity contribution >= 4 is 112 Å². The highest BCUT2D eigenvalue weighted by Gasteiger charge is 2.40. The lowest BCUT2D eigenvalue weighted by Gasteiger charge is -2.30. The van der Waals surface area contributed by atoms with Crippen LogP contribution in [-0.2, 0) is 91.1 Å². The van der Waals surface area contributed by atoms with Gasteiger partial charge >= 0.3 is 0 Å². The predicted molar refractivity (Wildman–Crippen MR) is 539 cm³/mol. The van der Waals surface area contributed by atoms with Crippen molar-refractivity contribution in [1.29, 1.82) is 0 Å². The van der Waals surface area contributed by atoms with Crippen LogP contribution in [0.4, 0.5) is 0 Å². The molecule has 0 aliphatic rings. The molecule has 19 amide bonds. The Morgan fingerprint density at radius 2 is 0.404 bits per heavy atom. The van der Waals surface area contributed by atoms with Crippen LogP contribution < -0.4 is 142 Å². The van der Waals surface area contributed by atoms with E-state index in [-0.39, 0.29) is 182 Å². The average Bonchev–Trinajstić information content (AvgIpc) is 0.831. The van der Waals surface area contributed by atoms with Crippen molar-refractivity contribution in [3.63, 3.8) is 0 Å². The molecule has 0 aliphatic heterocycles. The van der Waals surface area contributed by atoms with Crippen molar-refractivity contribution in [2.24, 2.45) is 99.1 Å². The third-order valence-electron chi connectivity index (χ3n) is 23.0. The van der Waals surface area contributed by atoms with Crippen LogP contribution in [0, 0.1) is 47.3 Å². The number of carbonyl (C=O) groups is 19. The maximum atomic E-state index is 14.9. The molecule has 0 spiro atoms. The fourth-order valence-electron chi connectivity index (χ4n) is 15.5. The van der Waals surface area contributed by atoms with Gasteiger partial charge in [-0.1, -0.05) is 117 Å². The number of unbranched alkanes of at least 4 members (excludes halogenated alkanes) is 7. The standard InChI is InChI=1S/C96H182N26O19/c1-55(2)46-63(102)82(127)108-65(31-20-25-41-98)84(129)110-66(32-21-26-42-99)85(130)115-75(51-60(11)12)94(139)119-72(48-57(5)6)91(136)112-68(34-23-28-44-101)87(132)117-77(53-62(15)16)96(141)120-73(49-58(7)8)92(137)113-69(36-38-78(103)123)88(133)111-67(33-22-27-43-100)86(131)116-76(52-61(13)14)95(140)121-74(50-59(9)10)93(138)114-70(37-39-79(104)124)89(134)118-71(47-56(3)4)90(135)109-64(30-19-24-40-97)83(128)107-54-81(126)106-45-29-17-18-35-80(125)122-105/h55-77H,17-54,97-102,105H2,1-16H3,(H2,103,123)(H2,104,124)(H,106,126)(H,107,128)(H,108,127)(H,109,135)(H,110,129)(H,111,133)(H,112,136)(H,113,137)(H,114,138)(H,115,130)(H,116,131)(H,117,132)(H,118,134)(H,119,139)(H,120,141)(H,121,140)(H,122,125)/t63-,64-,65-,66-,67-,68-,69-,70-,71-,72-,73-,74-,75-,76-,77-/m0/s1. The zero-order chi connectivity index (χ0) is 107. The Kier molecular flexibility index (Phi) is 68.3. The van der Waals surface area contributed by atoms with E-state index in [4.69, 9.17) is 51.7 Å². The highest BCUT2D eigenvalue weighted by molar-refractivity contribution is 6.01. The lowest BCUT2D eigenvalue weighted by molar-refractivity contribution is -0.137. The topological polar surface area (TPSA) is 763 Å². The Balaban J connectivity index is 7.45. The molecule has 0 aromatic carbocycles. The fraction of sp³-hybridized carbons (Fsp3) is 0.802. The Labute approximate surface area is 835 Å². The van der Waals surface area contributed by atoms with Gasteiger partial charge in [0.2, 0.25) is 112 Å². The van der Waals surface area contributed by atoms with E-state index in [1.54, 1.807) is 69.2 Å². The average molecular weight is 2000 g/mol. The minimum atomic E-state index is -1.63. The molecule has 0 radical (unpaired) electrons. The molecule has 45 heteroatoms. The van der Waals surface area contributed by atoms with E-state index in [1.807, 2.05) is 41.5 Å². The van der Waals surface area contributed by atoms with Crippen LogP contribution >= 0.6 is 0 Å². The van der Waals surface area contributed by atoms with Gasteiger partial charge in [0.25, 0.3) is 0 Å². The normalized spacial score (nSPS) is 14.7. The molecular weight excluding hydrogens is 1820 g/mol. The van der Waals surface area contributed by atoms with Gasteiger partial charge in [-0.3, -0.25) is 96.5 Å². The summed E-state index contributed by atoms with van der Waals surface area (Å²) in [5.74, 6) is -11.4. The van der Waals surface area contributed by atoms with Gasteiger partial charge < -0.3 is 131 Å². The number of carbonyl (C=O) groups excluding carboxylic acids is 19. The molecule has 0 aliphatic carbocycles. The van der Waals surface area contributed by atoms with Crippen LogP contribution in [0.3, 0.4) is 0 Å². The summed E-state index contributed by atoms with van der Waals surface area (Å²) in [5.41, 5.74) is 48.8. The number of hydrogen-bond acceptors (Lipinski definition) is 26. The second kappa shape index (κ2) is 73.7. The summed E-state index contributed by atoms with van der Waals surface area (Å²) in [5, 5.41) is 43.6. The number of rotatable bonds is 79. The van der Waals surface area contributed by atoms with Gasteiger partial charge in [0.1, 0.15) is 84.6 Å². The van der Waals surface area contributed by atoms with Gasteiger partial charge in [0.05, 0.1) is 12.6 Å². The molecule has 0 unspecified atom stereocenters. The number of nitrogens with two attached hydrogens (primary N) is 9. The monoisotopic (exact) mass is 2000 g/mol. The van der Waals surface area contributed by atoms with E-state index in [0.29, 0.717) is 90.0 Å². The first-order chi connectivity index (χ1) is 66.4. The number of primary amides is 2. The van der Waals surface area contributed by atoms with Gasteiger partial charge in [-0.2, -0.15) is 0 Å². The minimum Gasteiger partial charge on any atom is -0.370 e. The van der Waals surface area contributed by atoms with E-state index in [0.717, 1.165) is 0 Å². The lowest BCUT2D eigenvalue weighted by Crippen LogP contribution is -2.61. The number of nitrogens with one attached hydrogen (secondary N) is 17. The Morgan fingerprint density at radius 3 is 0.610 bits per heavy atom. The molecule has 15 atom stereocenters. The van der Waals surface area contributed by atoms with Crippen LogP contribution in [0.5, 0.6) is 0 Å². The zero-order valence-electron chi connectivity index (χ0n) is 87.1. The highest BCUT2D eigenvalue weighted by Crippen LogP contribution is 2.20. The van der Waals surface area contributed by atoms with Gasteiger partial charge in [-0.15, -0.1) is 0 Å². The first kappa shape index (κ1) is 131. The fourth-order valence-corrected chi connectivity index (χ4v) is 15.5. The summed E-state index contributed by atoms with van der Waals surface area (Å²) in [4.78, 5) is 267. The Bertz CT molecular complexity index is 3840. The van der Waals surface area contributed by atoms with Crippen molar-refractivity contribution in [2.45, 2.75) is 400 Å². The molecular formula is C96H182N26O19. The maximum absolute atomic E-state index is 14.9. The van der Waals surface area contributed by atoms with E-state index in [9.17, 15) is 91.1 Å². The number of hydrogen-bond donors (Lipinski definition) is 26. The van der Waals surface area contributed by atoms with Crippen molar-refractivity contribution in [3.05, 3.63) is 0 Å². The lowest BCUT2D eigenvalue weighted by atomic mass is 9.98. The smallest absolute Gasteiger partial charge is 0.243 e. The van der Waals surface area contributed by atoms with E-state index >= 15 is 0 Å². The molecule has 0 aromatic rings. The largest absolute Gasteiger partial charge is 0.370 e. The molecule has 0 heterocycles. The molecule has 0 bridgehead atoms. The SMILES string of the molecule is CC(C)C[C@H](NC(=O)[C@H](CCC(N)=O)NC(=O)[C@H](CC(C)C)NC(=O)[C@H](CC(C)C)NC(=O)[C@H](CCCCN)NC(=O)[C@H](CCC(N)=O)NC(=O)[C@H](CC(C)C)NC(=O)[C@H](CC(C)C)NC(=O)[C@H](CCCCN)NC(=O)[C@H](CC(C)C)NC(=O)[C@H](CC(C)C)NC(=O)[C@H](CCCCN)NC(=O)[C@H](CCCCN)NC(=O)[C@@H](N)CC(C)C)C(=O)N[C@@H](CCCCN)C(=O)NCC(=O)NCCCCCC(=O)NN. The van der Waals surface area contributed by atoms with E-state index in [1.165, 1.54) is 0 Å². The van der Waals surface area contributed by atoms with Gasteiger partial charge in [-0.25, -0.2) is 5.84 Å². The van der Waals surface area contributed by atoms with Crippen LogP contribution in [0.1, 0.15) is 310 Å². The quantitative estimate of drug-likeness (QED) is 0.0142. The summed E-state index contributed by atoms with van der Waals surface area (Å²) < 4.78 is 0. The predicted octanol–water partition coefficient (Wildman–Crippen LogP) is -1.57.